The van der Waals surface area contributed by atoms with Gasteiger partial charge in [-0.25, -0.2) is 4.79 Å². The van der Waals surface area contributed by atoms with Gasteiger partial charge in [-0.3, -0.25) is 9.59 Å². The number of benzene rings is 4. The zero-order chi connectivity index (χ0) is 32.6. The molecule has 0 saturated heterocycles. The number of hydrogen-bond acceptors (Lipinski definition) is 5. The van der Waals surface area contributed by atoms with Crippen molar-refractivity contribution in [3.63, 3.8) is 0 Å². The zero-order valence-electron chi connectivity index (χ0n) is 26.2. The summed E-state index contributed by atoms with van der Waals surface area (Å²) in [5.74, 6) is -1.14. The van der Waals surface area contributed by atoms with Gasteiger partial charge in [0.2, 0.25) is 5.91 Å². The van der Waals surface area contributed by atoms with E-state index in [9.17, 15) is 19.6 Å². The number of likely N-dealkylation sites (N-methyl/N-ethyl adjacent to an activating group) is 1. The molecule has 2 N–H and O–H groups in total. The molecule has 1 heterocycles. The van der Waals surface area contributed by atoms with Gasteiger partial charge in [0.25, 0.3) is 5.91 Å². The summed E-state index contributed by atoms with van der Waals surface area (Å²) >= 11 is 0. The standard InChI is InChI=1S/C38H36N4O4/c1-4-40-36(43)22-41-37(44)29-14-13-28(19-30-23-42(5-2)35-18-27(21-39)12-16-31(30)35)33(20-29)32-15-11-25(3)17-34(32)38(45)46-24-26-9-7-6-8-10-26/h6-18,20,23H,4-5,19,22,24H2,1-3H3,(H,40,43)(H,41,44). The Morgan fingerprint density at radius 2 is 1.67 bits per heavy atom. The van der Waals surface area contributed by atoms with Gasteiger partial charge in [-0.2, -0.15) is 5.26 Å². The molecular formula is C38H36N4O4. The molecule has 0 radical (unpaired) electrons. The fourth-order valence-corrected chi connectivity index (χ4v) is 5.55. The predicted octanol–water partition coefficient (Wildman–Crippen LogP) is 6.32. The SMILES string of the molecule is CCNC(=O)CNC(=O)c1ccc(Cc2cn(CC)c3cc(C#N)ccc23)c(-c2ccc(C)cc2C(=O)OCc2ccccc2)c1. The van der Waals surface area contributed by atoms with Crippen LogP contribution in [0.5, 0.6) is 0 Å². The van der Waals surface area contributed by atoms with Gasteiger partial charge in [-0.15, -0.1) is 0 Å². The summed E-state index contributed by atoms with van der Waals surface area (Å²) in [5, 5.41) is 15.9. The molecular weight excluding hydrogens is 576 g/mol. The number of amides is 2. The van der Waals surface area contributed by atoms with Crippen molar-refractivity contribution in [3.05, 3.63) is 130 Å². The van der Waals surface area contributed by atoms with Crippen LogP contribution in [0.15, 0.2) is 91.1 Å². The molecule has 8 nitrogen and oxygen atoms in total. The molecule has 0 aliphatic rings. The fraction of sp³-hybridized carbons (Fsp3) is 0.211. The van der Waals surface area contributed by atoms with Crippen LogP contribution in [-0.2, 0) is 29.1 Å². The van der Waals surface area contributed by atoms with Crippen LogP contribution < -0.4 is 10.6 Å². The van der Waals surface area contributed by atoms with Gasteiger partial charge >= 0.3 is 5.97 Å². The molecule has 0 atom stereocenters. The lowest BCUT2D eigenvalue weighted by Crippen LogP contribution is -2.36. The summed E-state index contributed by atoms with van der Waals surface area (Å²) in [6.45, 7) is 6.97. The van der Waals surface area contributed by atoms with Gasteiger partial charge in [0.05, 0.1) is 23.7 Å². The number of carbonyl (C=O) groups is 3. The second-order valence-electron chi connectivity index (χ2n) is 11.1. The second-order valence-corrected chi connectivity index (χ2v) is 11.1. The monoisotopic (exact) mass is 612 g/mol. The molecule has 5 aromatic rings. The van der Waals surface area contributed by atoms with Gasteiger partial charge in [0.15, 0.2) is 0 Å². The number of aryl methyl sites for hydroxylation is 2. The van der Waals surface area contributed by atoms with Crippen molar-refractivity contribution in [2.45, 2.75) is 40.3 Å². The number of nitrogens with one attached hydrogen (secondary N) is 2. The lowest BCUT2D eigenvalue weighted by atomic mass is 9.89. The van der Waals surface area contributed by atoms with E-state index in [4.69, 9.17) is 4.74 Å². The normalized spacial score (nSPS) is 10.7. The third-order valence-corrected chi connectivity index (χ3v) is 7.87. The van der Waals surface area contributed by atoms with Crippen molar-refractivity contribution in [2.75, 3.05) is 13.1 Å². The van der Waals surface area contributed by atoms with Crippen LogP contribution in [0.3, 0.4) is 0 Å². The number of fused-ring (bicyclic) bond motifs is 1. The van der Waals surface area contributed by atoms with Gasteiger partial charge < -0.3 is 19.9 Å². The molecule has 0 saturated carbocycles. The van der Waals surface area contributed by atoms with Gasteiger partial charge in [0, 0.05) is 42.2 Å². The van der Waals surface area contributed by atoms with E-state index in [-0.39, 0.29) is 19.1 Å². The topological polar surface area (TPSA) is 113 Å². The summed E-state index contributed by atoms with van der Waals surface area (Å²) in [4.78, 5) is 38.8. The van der Waals surface area contributed by atoms with Crippen LogP contribution >= 0.6 is 0 Å². The van der Waals surface area contributed by atoms with Crippen LogP contribution in [0.1, 0.15) is 62.4 Å². The zero-order valence-corrected chi connectivity index (χ0v) is 26.2. The molecule has 0 aliphatic carbocycles. The Labute approximate surface area is 268 Å². The van der Waals surface area contributed by atoms with Gasteiger partial charge in [-0.05, 0) is 78.9 Å². The molecule has 0 aliphatic heterocycles. The first-order valence-corrected chi connectivity index (χ1v) is 15.3. The molecule has 232 valence electrons. The van der Waals surface area contributed by atoms with Crippen molar-refractivity contribution in [2.24, 2.45) is 0 Å². The fourth-order valence-electron chi connectivity index (χ4n) is 5.55. The third-order valence-electron chi connectivity index (χ3n) is 7.87. The Morgan fingerprint density at radius 3 is 2.41 bits per heavy atom. The number of hydrogen-bond donors (Lipinski definition) is 2. The molecule has 5 rings (SSSR count). The maximum Gasteiger partial charge on any atom is 0.339 e. The average Bonchev–Trinajstić information content (AvgIpc) is 3.43. The first-order chi connectivity index (χ1) is 22.3. The largest absolute Gasteiger partial charge is 0.457 e. The molecule has 0 fully saturated rings. The molecule has 2 amide bonds. The molecule has 0 bridgehead atoms. The Kier molecular flexibility index (Phi) is 9.94. The number of ether oxygens (including phenoxy) is 1. The minimum Gasteiger partial charge on any atom is -0.457 e. The summed E-state index contributed by atoms with van der Waals surface area (Å²) < 4.78 is 7.88. The first-order valence-electron chi connectivity index (χ1n) is 15.3. The smallest absolute Gasteiger partial charge is 0.339 e. The quantitative estimate of drug-likeness (QED) is 0.170. The van der Waals surface area contributed by atoms with Crippen LogP contribution in [0.25, 0.3) is 22.0 Å². The lowest BCUT2D eigenvalue weighted by molar-refractivity contribution is -0.120. The van der Waals surface area contributed by atoms with Crippen LogP contribution in [-0.4, -0.2) is 35.4 Å². The maximum atomic E-state index is 13.6. The Balaban J connectivity index is 1.58. The van der Waals surface area contributed by atoms with E-state index in [0.717, 1.165) is 39.7 Å². The van der Waals surface area contributed by atoms with E-state index in [1.54, 1.807) is 18.2 Å². The lowest BCUT2D eigenvalue weighted by Gasteiger charge is -2.16. The minimum absolute atomic E-state index is 0.128. The number of nitrogens with zero attached hydrogens (tertiary/aromatic N) is 2. The van der Waals surface area contributed by atoms with Crippen molar-refractivity contribution in [3.8, 4) is 17.2 Å². The van der Waals surface area contributed by atoms with Crippen molar-refractivity contribution >= 4 is 28.7 Å². The van der Waals surface area contributed by atoms with Crippen LogP contribution in [0.2, 0.25) is 0 Å². The van der Waals surface area contributed by atoms with Gasteiger partial charge in [0.1, 0.15) is 6.61 Å². The van der Waals surface area contributed by atoms with E-state index in [2.05, 4.69) is 34.4 Å². The first kappa shape index (κ1) is 31.7. The summed E-state index contributed by atoms with van der Waals surface area (Å²) in [7, 11) is 0. The minimum atomic E-state index is -0.466. The molecule has 0 spiro atoms. The molecule has 46 heavy (non-hydrogen) atoms. The molecule has 8 heteroatoms. The van der Waals surface area contributed by atoms with Crippen molar-refractivity contribution in [1.82, 2.24) is 15.2 Å². The van der Waals surface area contributed by atoms with Crippen molar-refractivity contribution in [1.29, 1.82) is 5.26 Å². The predicted molar refractivity (Wildman–Crippen MR) is 178 cm³/mol. The van der Waals surface area contributed by atoms with E-state index < -0.39 is 11.9 Å². The average molecular weight is 613 g/mol. The molecule has 4 aromatic carbocycles. The molecule has 1 aromatic heterocycles. The van der Waals surface area contributed by atoms with Crippen LogP contribution in [0, 0.1) is 18.3 Å². The third kappa shape index (κ3) is 7.16. The van der Waals surface area contributed by atoms with E-state index in [1.165, 1.54) is 0 Å². The highest BCUT2D eigenvalue weighted by atomic mass is 16.5. The molecule has 0 unspecified atom stereocenters. The Morgan fingerprint density at radius 1 is 0.870 bits per heavy atom. The summed E-state index contributed by atoms with van der Waals surface area (Å²) in [6, 6.07) is 28.4. The maximum absolute atomic E-state index is 13.6. The van der Waals surface area contributed by atoms with E-state index >= 15 is 0 Å². The van der Waals surface area contributed by atoms with E-state index in [1.807, 2.05) is 80.6 Å². The Hall–Kier alpha value is -5.68. The summed E-state index contributed by atoms with van der Waals surface area (Å²) in [6.07, 6.45) is 2.60. The summed E-state index contributed by atoms with van der Waals surface area (Å²) in [5.41, 5.74) is 7.40. The number of carbonyl (C=O) groups excluding carboxylic acids is 3. The Bertz CT molecular complexity index is 1950. The number of aromatic nitrogens is 1. The number of rotatable bonds is 11. The highest BCUT2D eigenvalue weighted by Gasteiger charge is 2.21. The number of nitriles is 1. The van der Waals surface area contributed by atoms with E-state index in [0.29, 0.717) is 40.8 Å². The highest BCUT2D eigenvalue weighted by Crippen LogP contribution is 2.33. The van der Waals surface area contributed by atoms with Gasteiger partial charge in [-0.1, -0.05) is 60.2 Å². The van der Waals surface area contributed by atoms with Crippen LogP contribution in [0.4, 0.5) is 0 Å². The second kappa shape index (κ2) is 14.4. The highest BCUT2D eigenvalue weighted by molar-refractivity contribution is 6.01. The number of esters is 1. The van der Waals surface area contributed by atoms with Crippen molar-refractivity contribution < 1.29 is 19.1 Å².